The van der Waals surface area contributed by atoms with Crippen LogP contribution < -0.4 is 0 Å². The number of carbonyl (C=O) groups is 1. The van der Waals surface area contributed by atoms with E-state index in [0.29, 0.717) is 0 Å². The molecule has 0 aromatic heterocycles. The molecule has 0 fully saturated rings. The number of ether oxygens (including phenoxy) is 1. The summed E-state index contributed by atoms with van der Waals surface area (Å²) in [6.45, 7) is 3.48. The topological polar surface area (TPSA) is 26.3 Å². The number of benzene rings is 1. The number of hydrogen-bond acceptors (Lipinski definition) is 3. The second-order valence-electron chi connectivity index (χ2n) is 3.26. The van der Waals surface area contributed by atoms with Crippen LogP contribution in [0.15, 0.2) is 35.2 Å². The van der Waals surface area contributed by atoms with Crippen molar-refractivity contribution >= 4 is 17.7 Å². The largest absolute Gasteiger partial charge is 0.462 e. The first-order valence-electron chi connectivity index (χ1n) is 5.07. The van der Waals surface area contributed by atoms with Crippen LogP contribution in [0, 0.1) is 0 Å². The van der Waals surface area contributed by atoms with Crippen LogP contribution in [0.1, 0.15) is 20.3 Å². The van der Waals surface area contributed by atoms with E-state index in [1.54, 1.807) is 11.8 Å². The van der Waals surface area contributed by atoms with Gasteiger partial charge in [0.05, 0.1) is 0 Å². The third-order valence-corrected chi connectivity index (χ3v) is 3.11. The van der Waals surface area contributed by atoms with Crippen LogP contribution in [0.5, 0.6) is 0 Å². The number of rotatable bonds is 5. The molecule has 0 unspecified atom stereocenters. The number of thioether (sulfide) groups is 1. The molecule has 0 aliphatic carbocycles. The number of hydrogen-bond donors (Lipinski definition) is 0. The second kappa shape index (κ2) is 6.51. The van der Waals surface area contributed by atoms with Gasteiger partial charge in [-0.05, 0) is 18.6 Å². The van der Waals surface area contributed by atoms with Gasteiger partial charge in [-0.1, -0.05) is 25.1 Å². The molecule has 0 saturated heterocycles. The first kappa shape index (κ1) is 12.1. The van der Waals surface area contributed by atoms with Crippen molar-refractivity contribution in [3.8, 4) is 0 Å². The van der Waals surface area contributed by atoms with Crippen LogP contribution >= 0.6 is 11.8 Å². The van der Waals surface area contributed by atoms with Crippen molar-refractivity contribution in [2.24, 2.45) is 0 Å². The fourth-order valence-electron chi connectivity index (χ4n) is 1.18. The predicted octanol–water partition coefficient (Wildman–Crippen LogP) is 3.12. The van der Waals surface area contributed by atoms with Gasteiger partial charge in [0.25, 0.3) is 0 Å². The van der Waals surface area contributed by atoms with Gasteiger partial charge in [0.15, 0.2) is 0 Å². The Hall–Kier alpha value is -0.960. The number of carbonyl (C=O) groups excluding carboxylic acids is 1. The molecule has 1 aromatic rings. The molecule has 0 N–H and O–H groups in total. The van der Waals surface area contributed by atoms with E-state index in [1.165, 1.54) is 11.8 Å². The van der Waals surface area contributed by atoms with Gasteiger partial charge in [0, 0.05) is 17.6 Å². The molecule has 1 aromatic carbocycles. The Kier molecular flexibility index (Phi) is 5.26. The number of esters is 1. The molecular weight excluding hydrogens is 208 g/mol. The third kappa shape index (κ3) is 4.88. The zero-order valence-electron chi connectivity index (χ0n) is 9.10. The van der Waals surface area contributed by atoms with Crippen LogP contribution in [-0.2, 0) is 9.53 Å². The van der Waals surface area contributed by atoms with Gasteiger partial charge < -0.3 is 4.74 Å². The summed E-state index contributed by atoms with van der Waals surface area (Å²) in [5, 5.41) is 0. The normalized spacial score (nSPS) is 12.1. The predicted molar refractivity (Wildman–Crippen MR) is 63.0 cm³/mol. The van der Waals surface area contributed by atoms with Crippen LogP contribution in [0.4, 0.5) is 0 Å². The fourth-order valence-corrected chi connectivity index (χ4v) is 2.21. The highest BCUT2D eigenvalue weighted by atomic mass is 32.2. The lowest BCUT2D eigenvalue weighted by atomic mass is 10.3. The minimum absolute atomic E-state index is 0.0210. The SMILES string of the molecule is CC[C@@H](CSc1ccccc1)OC(C)=O. The van der Waals surface area contributed by atoms with Crippen LogP contribution in [0.3, 0.4) is 0 Å². The molecule has 0 saturated carbocycles. The van der Waals surface area contributed by atoms with E-state index in [0.717, 1.165) is 12.2 Å². The van der Waals surface area contributed by atoms with Crippen molar-refractivity contribution in [2.75, 3.05) is 5.75 Å². The van der Waals surface area contributed by atoms with Crippen molar-refractivity contribution in [2.45, 2.75) is 31.3 Å². The summed E-state index contributed by atoms with van der Waals surface area (Å²) in [7, 11) is 0. The Morgan fingerprint density at radius 1 is 1.40 bits per heavy atom. The summed E-state index contributed by atoms with van der Waals surface area (Å²) >= 11 is 1.72. The standard InChI is InChI=1S/C12H16O2S/c1-3-11(14-10(2)13)9-15-12-7-5-4-6-8-12/h4-8,11H,3,9H2,1-2H3/t11-/m0/s1. The molecule has 0 aliphatic rings. The Morgan fingerprint density at radius 3 is 2.60 bits per heavy atom. The molecule has 1 rings (SSSR count). The highest BCUT2D eigenvalue weighted by molar-refractivity contribution is 7.99. The first-order valence-corrected chi connectivity index (χ1v) is 6.06. The smallest absolute Gasteiger partial charge is 0.302 e. The quantitative estimate of drug-likeness (QED) is 0.568. The maximum atomic E-state index is 10.8. The van der Waals surface area contributed by atoms with E-state index in [-0.39, 0.29) is 12.1 Å². The van der Waals surface area contributed by atoms with E-state index >= 15 is 0 Å². The molecular formula is C12H16O2S. The summed E-state index contributed by atoms with van der Waals surface area (Å²) in [4.78, 5) is 12.0. The first-order chi connectivity index (χ1) is 7.22. The average Bonchev–Trinajstić information content (AvgIpc) is 2.25. The van der Waals surface area contributed by atoms with Gasteiger partial charge in [-0.3, -0.25) is 4.79 Å². The van der Waals surface area contributed by atoms with Gasteiger partial charge in [0.1, 0.15) is 6.10 Å². The summed E-state index contributed by atoms with van der Waals surface area (Å²) in [5.74, 6) is 0.621. The maximum Gasteiger partial charge on any atom is 0.302 e. The van der Waals surface area contributed by atoms with Crippen molar-refractivity contribution in [3.63, 3.8) is 0 Å². The summed E-state index contributed by atoms with van der Waals surface area (Å²) < 4.78 is 5.16. The molecule has 0 aliphatic heterocycles. The molecule has 1 atom stereocenters. The van der Waals surface area contributed by atoms with Gasteiger partial charge >= 0.3 is 5.97 Å². The third-order valence-electron chi connectivity index (χ3n) is 1.97. The molecule has 82 valence electrons. The monoisotopic (exact) mass is 224 g/mol. The van der Waals surface area contributed by atoms with Crippen molar-refractivity contribution in [3.05, 3.63) is 30.3 Å². The van der Waals surface area contributed by atoms with Crippen LogP contribution in [0.25, 0.3) is 0 Å². The molecule has 15 heavy (non-hydrogen) atoms. The van der Waals surface area contributed by atoms with E-state index in [9.17, 15) is 4.79 Å². The minimum atomic E-state index is -0.199. The lowest BCUT2D eigenvalue weighted by molar-refractivity contribution is -0.145. The Balaban J connectivity index is 2.37. The molecule has 0 amide bonds. The van der Waals surface area contributed by atoms with E-state index < -0.39 is 0 Å². The van der Waals surface area contributed by atoms with Gasteiger partial charge in [-0.15, -0.1) is 11.8 Å². The van der Waals surface area contributed by atoms with E-state index in [2.05, 4.69) is 12.1 Å². The van der Waals surface area contributed by atoms with E-state index in [4.69, 9.17) is 4.74 Å². The molecule has 0 heterocycles. The highest BCUT2D eigenvalue weighted by Gasteiger charge is 2.09. The molecule has 0 spiro atoms. The van der Waals surface area contributed by atoms with Crippen LogP contribution in [-0.4, -0.2) is 17.8 Å². The Bertz CT molecular complexity index is 298. The Morgan fingerprint density at radius 2 is 2.07 bits per heavy atom. The lowest BCUT2D eigenvalue weighted by Crippen LogP contribution is -2.17. The van der Waals surface area contributed by atoms with Crippen LogP contribution in [0.2, 0.25) is 0 Å². The van der Waals surface area contributed by atoms with Crippen molar-refractivity contribution in [1.29, 1.82) is 0 Å². The lowest BCUT2D eigenvalue weighted by Gasteiger charge is -2.14. The minimum Gasteiger partial charge on any atom is -0.462 e. The maximum absolute atomic E-state index is 10.8. The fraction of sp³-hybridized carbons (Fsp3) is 0.417. The van der Waals surface area contributed by atoms with Gasteiger partial charge in [-0.25, -0.2) is 0 Å². The van der Waals surface area contributed by atoms with Gasteiger partial charge in [0.2, 0.25) is 0 Å². The molecule has 2 nitrogen and oxygen atoms in total. The Labute approximate surface area is 95.0 Å². The average molecular weight is 224 g/mol. The zero-order valence-corrected chi connectivity index (χ0v) is 9.92. The molecule has 0 bridgehead atoms. The van der Waals surface area contributed by atoms with Crippen molar-refractivity contribution < 1.29 is 9.53 Å². The molecule has 3 heteroatoms. The summed E-state index contributed by atoms with van der Waals surface area (Å²) in [5.41, 5.74) is 0. The highest BCUT2D eigenvalue weighted by Crippen LogP contribution is 2.19. The van der Waals surface area contributed by atoms with E-state index in [1.807, 2.05) is 25.1 Å². The van der Waals surface area contributed by atoms with Gasteiger partial charge in [-0.2, -0.15) is 0 Å². The zero-order chi connectivity index (χ0) is 11.1. The summed E-state index contributed by atoms with van der Waals surface area (Å²) in [6.07, 6.45) is 0.882. The second-order valence-corrected chi connectivity index (χ2v) is 4.36. The van der Waals surface area contributed by atoms with Crippen molar-refractivity contribution in [1.82, 2.24) is 0 Å². The summed E-state index contributed by atoms with van der Waals surface area (Å²) in [6, 6.07) is 10.1. The molecule has 0 radical (unpaired) electrons.